The maximum absolute atomic E-state index is 14.0. The number of fused-ring (bicyclic) bond motifs is 1. The fourth-order valence-electron chi connectivity index (χ4n) is 2.20. The van der Waals surface area contributed by atoms with Gasteiger partial charge in [-0.1, -0.05) is 0 Å². The van der Waals surface area contributed by atoms with E-state index >= 15 is 0 Å². The Labute approximate surface area is 120 Å². The lowest BCUT2D eigenvalue weighted by atomic mass is 10.0. The highest BCUT2D eigenvalue weighted by Gasteiger charge is 2.17. The number of halogens is 1. The van der Waals surface area contributed by atoms with E-state index in [-0.39, 0.29) is 11.7 Å². The Morgan fingerprint density at radius 3 is 3.05 bits per heavy atom. The zero-order valence-corrected chi connectivity index (χ0v) is 11.8. The topological polar surface area (TPSA) is 54.0 Å². The summed E-state index contributed by atoms with van der Waals surface area (Å²) in [6, 6.07) is 3.16. The molecule has 1 aromatic carbocycles. The number of carbonyl (C=O) groups is 1. The molecule has 0 saturated carbocycles. The van der Waals surface area contributed by atoms with E-state index in [4.69, 9.17) is 0 Å². The molecule has 0 unspecified atom stereocenters. The highest BCUT2D eigenvalue weighted by Crippen LogP contribution is 2.29. The molecule has 1 amide bonds. The third-order valence-electron chi connectivity index (χ3n) is 3.21. The number of amides is 1. The van der Waals surface area contributed by atoms with Gasteiger partial charge in [-0.15, -0.1) is 11.3 Å². The number of nitrogens with one attached hydrogen (secondary N) is 2. The van der Waals surface area contributed by atoms with Crippen LogP contribution >= 0.6 is 11.3 Å². The molecule has 0 atom stereocenters. The van der Waals surface area contributed by atoms with E-state index in [1.54, 1.807) is 23.6 Å². The molecule has 2 N–H and O–H groups in total. The van der Waals surface area contributed by atoms with Crippen LogP contribution in [0.25, 0.3) is 0 Å². The van der Waals surface area contributed by atoms with E-state index in [9.17, 15) is 9.18 Å². The van der Waals surface area contributed by atoms with Gasteiger partial charge in [0.2, 0.25) is 5.91 Å². The van der Waals surface area contributed by atoms with Crippen molar-refractivity contribution in [3.05, 3.63) is 39.6 Å². The Morgan fingerprint density at radius 1 is 1.45 bits per heavy atom. The van der Waals surface area contributed by atoms with Gasteiger partial charge in [0, 0.05) is 23.2 Å². The number of benzene rings is 1. The Bertz CT molecular complexity index is 668. The number of rotatable bonds is 3. The molecule has 0 radical (unpaired) electrons. The Morgan fingerprint density at radius 2 is 2.30 bits per heavy atom. The summed E-state index contributed by atoms with van der Waals surface area (Å²) in [6.45, 7) is 2.46. The second kappa shape index (κ2) is 5.20. The van der Waals surface area contributed by atoms with Crippen LogP contribution in [0.3, 0.4) is 0 Å². The number of carbonyl (C=O) groups excluding carboxylic acids is 1. The standard InChI is InChI=1S/C14H14FN3OS/c1-8-16-6-10(20-8)7-17-13-5-12-9(4-11(13)15)2-3-14(19)18-12/h4-6,17H,2-3,7H2,1H3,(H,18,19). The van der Waals surface area contributed by atoms with E-state index in [0.717, 1.165) is 15.4 Å². The maximum Gasteiger partial charge on any atom is 0.224 e. The molecule has 1 aromatic heterocycles. The summed E-state index contributed by atoms with van der Waals surface area (Å²) >= 11 is 1.58. The maximum atomic E-state index is 14.0. The average Bonchev–Trinajstić information content (AvgIpc) is 2.83. The minimum Gasteiger partial charge on any atom is -0.378 e. The SMILES string of the molecule is Cc1ncc(CNc2cc3c(cc2F)CCC(=O)N3)s1. The fraction of sp³-hybridized carbons (Fsp3) is 0.286. The van der Waals surface area contributed by atoms with Gasteiger partial charge in [-0.05, 0) is 31.0 Å². The molecule has 0 saturated heterocycles. The van der Waals surface area contributed by atoms with Crippen molar-refractivity contribution in [3.8, 4) is 0 Å². The summed E-state index contributed by atoms with van der Waals surface area (Å²) in [5, 5.41) is 6.81. The van der Waals surface area contributed by atoms with Gasteiger partial charge >= 0.3 is 0 Å². The largest absolute Gasteiger partial charge is 0.378 e. The Kier molecular flexibility index (Phi) is 3.40. The number of hydrogen-bond acceptors (Lipinski definition) is 4. The molecule has 6 heteroatoms. The third kappa shape index (κ3) is 2.65. The van der Waals surface area contributed by atoms with Gasteiger partial charge in [0.05, 0.1) is 17.2 Å². The fourth-order valence-corrected chi connectivity index (χ4v) is 2.94. The smallest absolute Gasteiger partial charge is 0.224 e. The first-order valence-corrected chi connectivity index (χ1v) is 7.21. The van der Waals surface area contributed by atoms with Crippen LogP contribution in [0, 0.1) is 12.7 Å². The van der Waals surface area contributed by atoms with Crippen molar-refractivity contribution >= 4 is 28.6 Å². The molecule has 0 aliphatic carbocycles. The van der Waals surface area contributed by atoms with Crippen LogP contribution in [0.15, 0.2) is 18.3 Å². The summed E-state index contributed by atoms with van der Waals surface area (Å²) in [5.74, 6) is -0.311. The number of thiazole rings is 1. The minimum atomic E-state index is -0.291. The van der Waals surface area contributed by atoms with Gasteiger partial charge in [0.1, 0.15) is 5.82 Å². The molecule has 3 rings (SSSR count). The number of anilines is 2. The van der Waals surface area contributed by atoms with E-state index in [1.807, 2.05) is 6.92 Å². The molecule has 0 bridgehead atoms. The summed E-state index contributed by atoms with van der Waals surface area (Å²) in [4.78, 5) is 16.6. The van der Waals surface area contributed by atoms with Crippen LogP contribution in [0.1, 0.15) is 21.9 Å². The minimum absolute atomic E-state index is 0.0202. The molecule has 2 heterocycles. The zero-order valence-electron chi connectivity index (χ0n) is 11.0. The first-order chi connectivity index (χ1) is 9.61. The van der Waals surface area contributed by atoms with Gasteiger partial charge in [0.25, 0.3) is 0 Å². The number of aryl methyl sites for hydroxylation is 2. The number of nitrogens with zero attached hydrogens (tertiary/aromatic N) is 1. The normalized spacial score (nSPS) is 13.8. The Hall–Kier alpha value is -1.95. The quantitative estimate of drug-likeness (QED) is 0.913. The van der Waals surface area contributed by atoms with Gasteiger partial charge < -0.3 is 10.6 Å². The van der Waals surface area contributed by atoms with Crippen molar-refractivity contribution in [1.29, 1.82) is 0 Å². The monoisotopic (exact) mass is 291 g/mol. The number of aromatic nitrogens is 1. The molecular weight excluding hydrogens is 277 g/mol. The molecule has 20 heavy (non-hydrogen) atoms. The molecule has 104 valence electrons. The first-order valence-electron chi connectivity index (χ1n) is 6.39. The van der Waals surface area contributed by atoms with Crippen LogP contribution < -0.4 is 10.6 Å². The van der Waals surface area contributed by atoms with Gasteiger partial charge in [-0.2, -0.15) is 0 Å². The highest BCUT2D eigenvalue weighted by atomic mass is 32.1. The van der Waals surface area contributed by atoms with Crippen LogP contribution in [0.2, 0.25) is 0 Å². The second-order valence-electron chi connectivity index (χ2n) is 4.74. The van der Waals surface area contributed by atoms with E-state index in [1.165, 1.54) is 6.07 Å². The number of hydrogen-bond donors (Lipinski definition) is 2. The van der Waals surface area contributed by atoms with Gasteiger partial charge in [0.15, 0.2) is 0 Å². The first kappa shape index (κ1) is 13.1. The average molecular weight is 291 g/mol. The van der Waals surface area contributed by atoms with Crippen LogP contribution in [0.4, 0.5) is 15.8 Å². The molecule has 0 spiro atoms. The van der Waals surface area contributed by atoms with Crippen molar-refractivity contribution in [3.63, 3.8) is 0 Å². The Balaban J connectivity index is 1.79. The van der Waals surface area contributed by atoms with E-state index in [0.29, 0.717) is 30.8 Å². The molecule has 1 aliphatic heterocycles. The molecular formula is C14H14FN3OS. The lowest BCUT2D eigenvalue weighted by molar-refractivity contribution is -0.116. The second-order valence-corrected chi connectivity index (χ2v) is 6.06. The predicted molar refractivity (Wildman–Crippen MR) is 77.5 cm³/mol. The lowest BCUT2D eigenvalue weighted by Gasteiger charge is -2.18. The highest BCUT2D eigenvalue weighted by molar-refractivity contribution is 7.11. The summed E-state index contributed by atoms with van der Waals surface area (Å²) in [7, 11) is 0. The van der Waals surface area contributed by atoms with Crippen molar-refractivity contribution < 1.29 is 9.18 Å². The van der Waals surface area contributed by atoms with Crippen molar-refractivity contribution in [2.75, 3.05) is 10.6 Å². The van der Waals surface area contributed by atoms with Gasteiger partial charge in [-0.25, -0.2) is 9.37 Å². The molecule has 0 fully saturated rings. The zero-order chi connectivity index (χ0) is 14.1. The van der Waals surface area contributed by atoms with Crippen LogP contribution in [-0.2, 0) is 17.8 Å². The van der Waals surface area contributed by atoms with Crippen molar-refractivity contribution in [2.45, 2.75) is 26.3 Å². The summed E-state index contributed by atoms with van der Waals surface area (Å²) in [5.41, 5.74) is 1.95. The summed E-state index contributed by atoms with van der Waals surface area (Å²) < 4.78 is 14.0. The molecule has 4 nitrogen and oxygen atoms in total. The van der Waals surface area contributed by atoms with Gasteiger partial charge in [-0.3, -0.25) is 4.79 Å². The third-order valence-corrected chi connectivity index (χ3v) is 4.12. The van der Waals surface area contributed by atoms with E-state index < -0.39 is 0 Å². The van der Waals surface area contributed by atoms with Crippen molar-refractivity contribution in [1.82, 2.24) is 4.98 Å². The lowest BCUT2D eigenvalue weighted by Crippen LogP contribution is -2.19. The van der Waals surface area contributed by atoms with Crippen LogP contribution in [-0.4, -0.2) is 10.9 Å². The van der Waals surface area contributed by atoms with E-state index in [2.05, 4.69) is 15.6 Å². The predicted octanol–water partition coefficient (Wildman–Crippen LogP) is 3.09. The van der Waals surface area contributed by atoms with Crippen LogP contribution in [0.5, 0.6) is 0 Å². The summed E-state index contributed by atoms with van der Waals surface area (Å²) in [6.07, 6.45) is 2.79. The molecule has 1 aliphatic rings. The van der Waals surface area contributed by atoms with Crippen molar-refractivity contribution in [2.24, 2.45) is 0 Å². The molecule has 2 aromatic rings.